The lowest BCUT2D eigenvalue weighted by Crippen LogP contribution is -2.32. The Bertz CT molecular complexity index is 354. The number of benzene rings is 1. The predicted octanol–water partition coefficient (Wildman–Crippen LogP) is 1.16. The molecule has 4 nitrogen and oxygen atoms in total. The second-order valence-corrected chi connectivity index (χ2v) is 4.25. The van der Waals surface area contributed by atoms with E-state index < -0.39 is 11.9 Å². The first kappa shape index (κ1) is 11.1. The van der Waals surface area contributed by atoms with Gasteiger partial charge in [0.05, 0.1) is 11.4 Å². The van der Waals surface area contributed by atoms with Crippen molar-refractivity contribution in [2.24, 2.45) is 5.73 Å². The SMILES string of the molecule is CC(Nc1ccc(I)cc1N)C(N)=O. The fraction of sp³-hybridized carbons (Fsp3) is 0.222. The third-order valence-electron chi connectivity index (χ3n) is 1.81. The highest BCUT2D eigenvalue weighted by atomic mass is 127. The van der Waals surface area contributed by atoms with Gasteiger partial charge in [-0.2, -0.15) is 0 Å². The third kappa shape index (κ3) is 2.76. The fourth-order valence-corrected chi connectivity index (χ4v) is 1.48. The van der Waals surface area contributed by atoms with Crippen LogP contribution in [0.5, 0.6) is 0 Å². The van der Waals surface area contributed by atoms with Crippen molar-refractivity contribution in [3.8, 4) is 0 Å². The molecule has 76 valence electrons. The highest BCUT2D eigenvalue weighted by Crippen LogP contribution is 2.21. The molecule has 0 saturated carbocycles. The Hall–Kier alpha value is -0.980. The molecule has 0 aliphatic rings. The van der Waals surface area contributed by atoms with Crippen molar-refractivity contribution in [3.63, 3.8) is 0 Å². The summed E-state index contributed by atoms with van der Waals surface area (Å²) in [5.74, 6) is -0.400. The van der Waals surface area contributed by atoms with E-state index in [1.165, 1.54) is 0 Å². The molecule has 1 aromatic carbocycles. The molecule has 0 aliphatic heterocycles. The van der Waals surface area contributed by atoms with Gasteiger partial charge in [0.15, 0.2) is 0 Å². The molecule has 0 spiro atoms. The summed E-state index contributed by atoms with van der Waals surface area (Å²) in [6.07, 6.45) is 0. The summed E-state index contributed by atoms with van der Waals surface area (Å²) in [5.41, 5.74) is 12.2. The van der Waals surface area contributed by atoms with Gasteiger partial charge >= 0.3 is 0 Å². The van der Waals surface area contributed by atoms with Gasteiger partial charge in [-0.3, -0.25) is 4.79 Å². The van der Waals surface area contributed by atoms with Crippen LogP contribution in [0.3, 0.4) is 0 Å². The largest absolute Gasteiger partial charge is 0.397 e. The quantitative estimate of drug-likeness (QED) is 0.579. The number of halogens is 1. The van der Waals surface area contributed by atoms with E-state index in [1.54, 1.807) is 6.92 Å². The molecule has 0 fully saturated rings. The molecule has 14 heavy (non-hydrogen) atoms. The monoisotopic (exact) mass is 305 g/mol. The average Bonchev–Trinajstić information content (AvgIpc) is 2.09. The number of amides is 1. The predicted molar refractivity (Wildman–Crippen MR) is 65.9 cm³/mol. The molecule has 0 aromatic heterocycles. The zero-order valence-electron chi connectivity index (χ0n) is 7.75. The highest BCUT2D eigenvalue weighted by molar-refractivity contribution is 14.1. The Morgan fingerprint density at radius 2 is 2.21 bits per heavy atom. The average molecular weight is 305 g/mol. The lowest BCUT2D eigenvalue weighted by molar-refractivity contribution is -0.118. The van der Waals surface area contributed by atoms with Crippen LogP contribution in [-0.2, 0) is 4.79 Å². The number of rotatable bonds is 3. The molecular weight excluding hydrogens is 293 g/mol. The number of nitrogens with two attached hydrogens (primary N) is 2. The third-order valence-corrected chi connectivity index (χ3v) is 2.48. The standard InChI is InChI=1S/C9H12IN3O/c1-5(9(12)14)13-8-3-2-6(10)4-7(8)11/h2-5,13H,11H2,1H3,(H2,12,14). The Kier molecular flexibility index (Phi) is 3.56. The van der Waals surface area contributed by atoms with Crippen molar-refractivity contribution in [3.05, 3.63) is 21.8 Å². The smallest absolute Gasteiger partial charge is 0.239 e. The van der Waals surface area contributed by atoms with Crippen molar-refractivity contribution in [2.45, 2.75) is 13.0 Å². The number of anilines is 2. The van der Waals surface area contributed by atoms with Crippen LogP contribution in [0.25, 0.3) is 0 Å². The maximum Gasteiger partial charge on any atom is 0.239 e. The summed E-state index contributed by atoms with van der Waals surface area (Å²) in [6.45, 7) is 1.69. The minimum absolute atomic E-state index is 0.400. The number of hydrogen-bond acceptors (Lipinski definition) is 3. The fourth-order valence-electron chi connectivity index (χ4n) is 0.969. The van der Waals surface area contributed by atoms with Gasteiger partial charge in [-0.05, 0) is 47.7 Å². The van der Waals surface area contributed by atoms with E-state index >= 15 is 0 Å². The van der Waals surface area contributed by atoms with E-state index in [0.717, 1.165) is 9.26 Å². The Balaban J connectivity index is 2.82. The Morgan fingerprint density at radius 1 is 1.57 bits per heavy atom. The molecule has 0 aliphatic carbocycles. The van der Waals surface area contributed by atoms with Gasteiger partial charge < -0.3 is 16.8 Å². The maximum atomic E-state index is 10.8. The number of nitrogens with one attached hydrogen (secondary N) is 1. The van der Waals surface area contributed by atoms with E-state index in [0.29, 0.717) is 5.69 Å². The molecule has 1 aromatic rings. The first-order valence-corrected chi connectivity index (χ1v) is 5.19. The van der Waals surface area contributed by atoms with E-state index in [1.807, 2.05) is 18.2 Å². The van der Waals surface area contributed by atoms with E-state index in [9.17, 15) is 4.79 Å². The molecule has 1 atom stereocenters. The van der Waals surface area contributed by atoms with Crippen molar-refractivity contribution < 1.29 is 4.79 Å². The minimum atomic E-state index is -0.419. The number of primary amides is 1. The minimum Gasteiger partial charge on any atom is -0.397 e. The summed E-state index contributed by atoms with van der Waals surface area (Å²) in [6, 6.07) is 5.15. The van der Waals surface area contributed by atoms with Crippen LogP contribution in [0.2, 0.25) is 0 Å². The van der Waals surface area contributed by atoms with Gasteiger partial charge in [-0.15, -0.1) is 0 Å². The number of carbonyl (C=O) groups is 1. The number of carbonyl (C=O) groups excluding carboxylic acids is 1. The molecule has 0 bridgehead atoms. The normalized spacial score (nSPS) is 12.1. The Morgan fingerprint density at radius 3 is 2.71 bits per heavy atom. The van der Waals surface area contributed by atoms with Gasteiger partial charge in [-0.25, -0.2) is 0 Å². The van der Waals surface area contributed by atoms with Crippen LogP contribution in [0.4, 0.5) is 11.4 Å². The van der Waals surface area contributed by atoms with Gasteiger partial charge in [0.2, 0.25) is 5.91 Å². The molecule has 1 rings (SSSR count). The summed E-state index contributed by atoms with van der Waals surface area (Å²) < 4.78 is 1.05. The molecule has 5 heteroatoms. The summed E-state index contributed by atoms with van der Waals surface area (Å²) in [7, 11) is 0. The summed E-state index contributed by atoms with van der Waals surface area (Å²) >= 11 is 2.17. The first-order chi connectivity index (χ1) is 6.50. The first-order valence-electron chi connectivity index (χ1n) is 4.11. The van der Waals surface area contributed by atoms with Gasteiger partial charge in [-0.1, -0.05) is 0 Å². The highest BCUT2D eigenvalue weighted by Gasteiger charge is 2.09. The molecule has 0 heterocycles. The topological polar surface area (TPSA) is 81.1 Å². The maximum absolute atomic E-state index is 10.8. The van der Waals surface area contributed by atoms with Gasteiger partial charge in [0, 0.05) is 3.57 Å². The van der Waals surface area contributed by atoms with Crippen LogP contribution in [-0.4, -0.2) is 11.9 Å². The van der Waals surface area contributed by atoms with E-state index in [2.05, 4.69) is 27.9 Å². The van der Waals surface area contributed by atoms with Crippen molar-refractivity contribution in [2.75, 3.05) is 11.1 Å². The molecule has 5 N–H and O–H groups in total. The van der Waals surface area contributed by atoms with Crippen LogP contribution < -0.4 is 16.8 Å². The van der Waals surface area contributed by atoms with Crippen molar-refractivity contribution >= 4 is 39.9 Å². The van der Waals surface area contributed by atoms with Crippen LogP contribution >= 0.6 is 22.6 Å². The summed E-state index contributed by atoms with van der Waals surface area (Å²) in [5, 5.41) is 2.93. The molecule has 1 amide bonds. The molecule has 0 saturated heterocycles. The zero-order valence-corrected chi connectivity index (χ0v) is 9.91. The molecule has 0 radical (unpaired) electrons. The Labute approximate surface area is 96.2 Å². The van der Waals surface area contributed by atoms with Crippen molar-refractivity contribution in [1.82, 2.24) is 0 Å². The van der Waals surface area contributed by atoms with Gasteiger partial charge in [0.1, 0.15) is 6.04 Å². The van der Waals surface area contributed by atoms with E-state index in [4.69, 9.17) is 11.5 Å². The lowest BCUT2D eigenvalue weighted by atomic mass is 10.2. The zero-order chi connectivity index (χ0) is 10.7. The second-order valence-electron chi connectivity index (χ2n) is 3.00. The van der Waals surface area contributed by atoms with Crippen LogP contribution in [0.15, 0.2) is 18.2 Å². The van der Waals surface area contributed by atoms with E-state index in [-0.39, 0.29) is 0 Å². The number of nitrogen functional groups attached to an aromatic ring is 1. The van der Waals surface area contributed by atoms with Crippen molar-refractivity contribution in [1.29, 1.82) is 0 Å². The molecule has 1 unspecified atom stereocenters. The van der Waals surface area contributed by atoms with Gasteiger partial charge in [0.25, 0.3) is 0 Å². The summed E-state index contributed by atoms with van der Waals surface area (Å²) in [4.78, 5) is 10.8. The lowest BCUT2D eigenvalue weighted by Gasteiger charge is -2.13. The van der Waals surface area contributed by atoms with Crippen LogP contribution in [0.1, 0.15) is 6.92 Å². The second kappa shape index (κ2) is 4.50. The molecular formula is C9H12IN3O. The van der Waals surface area contributed by atoms with Crippen LogP contribution in [0, 0.1) is 3.57 Å². The number of hydrogen-bond donors (Lipinski definition) is 3.